The zero-order chi connectivity index (χ0) is 14.7. The summed E-state index contributed by atoms with van der Waals surface area (Å²) in [6, 6.07) is 6.80. The average molecular weight is 292 g/mol. The molecule has 20 heavy (non-hydrogen) atoms. The molecule has 0 saturated heterocycles. The first kappa shape index (κ1) is 14.5. The summed E-state index contributed by atoms with van der Waals surface area (Å²) in [6.45, 7) is 3.49. The molecule has 1 atom stereocenters. The smallest absolute Gasteiger partial charge is 0.254 e. The van der Waals surface area contributed by atoms with Gasteiger partial charge >= 0.3 is 0 Å². The van der Waals surface area contributed by atoms with E-state index in [1.54, 1.807) is 18.3 Å². The lowest BCUT2D eigenvalue weighted by molar-refractivity contribution is 0.0936. The van der Waals surface area contributed by atoms with Crippen LogP contribution >= 0.6 is 11.3 Å². The molecule has 0 saturated carbocycles. The van der Waals surface area contributed by atoms with Gasteiger partial charge in [-0.1, -0.05) is 6.07 Å². The minimum atomic E-state index is -0.514. The van der Waals surface area contributed by atoms with E-state index >= 15 is 0 Å². The monoisotopic (exact) mass is 292 g/mol. The Hall–Kier alpha value is -1.88. The molecule has 3 N–H and O–H groups in total. The fourth-order valence-corrected chi connectivity index (χ4v) is 2.88. The van der Waals surface area contributed by atoms with Gasteiger partial charge in [-0.15, -0.1) is 11.3 Å². The molecule has 0 radical (unpaired) electrons. The number of benzene rings is 1. The highest BCUT2D eigenvalue weighted by atomic mass is 32.1. The number of aryl methyl sites for hydroxylation is 1. The van der Waals surface area contributed by atoms with E-state index in [1.807, 2.05) is 24.4 Å². The molecule has 106 valence electrons. The van der Waals surface area contributed by atoms with E-state index in [4.69, 9.17) is 5.73 Å². The van der Waals surface area contributed by atoms with Crippen LogP contribution in [-0.4, -0.2) is 11.9 Å². The number of hydrogen-bond acceptors (Lipinski definition) is 3. The number of hydrogen-bond donors (Lipinski definition) is 2. The summed E-state index contributed by atoms with van der Waals surface area (Å²) in [5.74, 6) is -0.943. The molecule has 1 heterocycles. The summed E-state index contributed by atoms with van der Waals surface area (Å²) in [6.07, 6.45) is 0.728. The Balaban J connectivity index is 2.08. The van der Waals surface area contributed by atoms with Crippen LogP contribution in [0.5, 0.6) is 0 Å². The molecule has 3 nitrogen and oxygen atoms in total. The van der Waals surface area contributed by atoms with Crippen molar-refractivity contribution in [2.75, 3.05) is 5.73 Å². The maximum atomic E-state index is 13.9. The maximum Gasteiger partial charge on any atom is 0.254 e. The zero-order valence-electron chi connectivity index (χ0n) is 11.4. The highest BCUT2D eigenvalue weighted by Crippen LogP contribution is 2.17. The second-order valence-corrected chi connectivity index (χ2v) is 5.89. The number of anilines is 1. The van der Waals surface area contributed by atoms with Gasteiger partial charge in [-0.25, -0.2) is 4.39 Å². The lowest BCUT2D eigenvalue weighted by Crippen LogP contribution is -2.34. The Kier molecular flexibility index (Phi) is 4.39. The fraction of sp³-hybridized carbons (Fsp3) is 0.267. The third-order valence-electron chi connectivity index (χ3n) is 2.99. The third-order valence-corrected chi connectivity index (χ3v) is 3.89. The number of rotatable bonds is 4. The highest BCUT2D eigenvalue weighted by Gasteiger charge is 2.16. The largest absolute Gasteiger partial charge is 0.399 e. The Bertz CT molecular complexity index is 611. The SMILES string of the molecule is Cc1cc(N)cc(C(=O)NC(C)Cc2cccs2)c1F. The van der Waals surface area contributed by atoms with Crippen LogP contribution in [0.4, 0.5) is 10.1 Å². The van der Waals surface area contributed by atoms with Gasteiger partial charge in [0.25, 0.3) is 5.91 Å². The van der Waals surface area contributed by atoms with Gasteiger partial charge in [0.2, 0.25) is 0 Å². The van der Waals surface area contributed by atoms with Crippen molar-refractivity contribution in [1.82, 2.24) is 5.32 Å². The first-order valence-corrected chi connectivity index (χ1v) is 7.24. The van der Waals surface area contributed by atoms with Gasteiger partial charge in [-0.3, -0.25) is 4.79 Å². The second-order valence-electron chi connectivity index (χ2n) is 4.86. The van der Waals surface area contributed by atoms with Gasteiger partial charge in [-0.2, -0.15) is 0 Å². The van der Waals surface area contributed by atoms with Gasteiger partial charge < -0.3 is 11.1 Å². The first-order chi connectivity index (χ1) is 9.47. The minimum absolute atomic E-state index is 0.000490. The van der Waals surface area contributed by atoms with Crippen molar-refractivity contribution in [3.8, 4) is 0 Å². The lowest BCUT2D eigenvalue weighted by atomic mass is 10.1. The van der Waals surface area contributed by atoms with Crippen molar-refractivity contribution in [1.29, 1.82) is 0 Å². The molecule has 0 aliphatic heterocycles. The summed E-state index contributed by atoms with van der Waals surface area (Å²) < 4.78 is 13.9. The van der Waals surface area contributed by atoms with Crippen LogP contribution in [0.1, 0.15) is 27.7 Å². The summed E-state index contributed by atoms with van der Waals surface area (Å²) in [5.41, 5.74) is 6.43. The van der Waals surface area contributed by atoms with Crippen molar-refractivity contribution in [3.63, 3.8) is 0 Å². The molecule has 0 aliphatic carbocycles. The van der Waals surface area contributed by atoms with E-state index in [-0.39, 0.29) is 11.6 Å². The lowest BCUT2D eigenvalue weighted by Gasteiger charge is -2.14. The molecule has 0 spiro atoms. The van der Waals surface area contributed by atoms with Gasteiger partial charge in [0.05, 0.1) is 5.56 Å². The maximum absolute atomic E-state index is 13.9. The molecule has 0 aliphatic rings. The van der Waals surface area contributed by atoms with Crippen molar-refractivity contribution in [3.05, 3.63) is 51.5 Å². The molecule has 0 fully saturated rings. The standard InChI is InChI=1S/C15H17FN2OS/c1-9-6-11(17)8-13(14(9)16)15(19)18-10(2)7-12-4-3-5-20-12/h3-6,8,10H,7,17H2,1-2H3,(H,18,19). The number of carbonyl (C=O) groups is 1. The number of carbonyl (C=O) groups excluding carboxylic acids is 1. The zero-order valence-corrected chi connectivity index (χ0v) is 12.3. The van der Waals surface area contributed by atoms with E-state index in [0.29, 0.717) is 11.3 Å². The summed E-state index contributed by atoms with van der Waals surface area (Å²) in [7, 11) is 0. The first-order valence-electron chi connectivity index (χ1n) is 6.36. The molecule has 1 aromatic heterocycles. The van der Waals surface area contributed by atoms with Crippen LogP contribution in [0.25, 0.3) is 0 Å². The summed E-state index contributed by atoms with van der Waals surface area (Å²) >= 11 is 1.64. The van der Waals surface area contributed by atoms with Gasteiger partial charge in [0.1, 0.15) is 5.82 Å². The Morgan fingerprint density at radius 2 is 2.25 bits per heavy atom. The summed E-state index contributed by atoms with van der Waals surface area (Å²) in [5, 5.41) is 4.79. The quantitative estimate of drug-likeness (QED) is 0.851. The van der Waals surface area contributed by atoms with E-state index in [1.165, 1.54) is 17.0 Å². The Labute approximate surface area is 121 Å². The third kappa shape index (κ3) is 3.36. The minimum Gasteiger partial charge on any atom is -0.399 e. The topological polar surface area (TPSA) is 55.1 Å². The number of nitrogens with one attached hydrogen (secondary N) is 1. The predicted molar refractivity (Wildman–Crippen MR) is 80.5 cm³/mol. The van der Waals surface area contributed by atoms with Crippen LogP contribution in [0.15, 0.2) is 29.6 Å². The molecule has 5 heteroatoms. The fourth-order valence-electron chi connectivity index (χ4n) is 2.05. The number of thiophene rings is 1. The highest BCUT2D eigenvalue weighted by molar-refractivity contribution is 7.09. The van der Waals surface area contributed by atoms with E-state index in [9.17, 15) is 9.18 Å². The summed E-state index contributed by atoms with van der Waals surface area (Å²) in [4.78, 5) is 13.3. The molecule has 1 amide bonds. The van der Waals surface area contributed by atoms with Gasteiger partial charge in [-0.05, 0) is 43.0 Å². The van der Waals surface area contributed by atoms with Crippen molar-refractivity contribution >= 4 is 22.9 Å². The van der Waals surface area contributed by atoms with Crippen molar-refractivity contribution in [2.45, 2.75) is 26.3 Å². The van der Waals surface area contributed by atoms with Crippen LogP contribution in [0.2, 0.25) is 0 Å². The number of nitrogens with two attached hydrogens (primary N) is 1. The normalized spacial score (nSPS) is 12.2. The predicted octanol–water partition coefficient (Wildman–Crippen LogP) is 3.14. The second kappa shape index (κ2) is 6.05. The Morgan fingerprint density at radius 1 is 1.50 bits per heavy atom. The molecule has 1 aromatic carbocycles. The molecule has 0 bridgehead atoms. The van der Waals surface area contributed by atoms with E-state index in [0.717, 1.165) is 6.42 Å². The van der Waals surface area contributed by atoms with Crippen LogP contribution in [-0.2, 0) is 6.42 Å². The van der Waals surface area contributed by atoms with Gasteiger partial charge in [0.15, 0.2) is 0 Å². The van der Waals surface area contributed by atoms with E-state index in [2.05, 4.69) is 5.32 Å². The number of nitrogen functional groups attached to an aromatic ring is 1. The Morgan fingerprint density at radius 3 is 2.90 bits per heavy atom. The van der Waals surface area contributed by atoms with Crippen molar-refractivity contribution < 1.29 is 9.18 Å². The van der Waals surface area contributed by atoms with Crippen LogP contribution in [0, 0.1) is 12.7 Å². The number of amides is 1. The van der Waals surface area contributed by atoms with Crippen LogP contribution in [0.3, 0.4) is 0 Å². The molecular weight excluding hydrogens is 275 g/mol. The van der Waals surface area contributed by atoms with Crippen LogP contribution < -0.4 is 11.1 Å². The molecule has 2 aromatic rings. The molecular formula is C15H17FN2OS. The van der Waals surface area contributed by atoms with Crippen molar-refractivity contribution in [2.24, 2.45) is 0 Å². The van der Waals surface area contributed by atoms with E-state index < -0.39 is 11.7 Å². The van der Waals surface area contributed by atoms with Gasteiger partial charge in [0, 0.05) is 23.0 Å². The molecule has 2 rings (SSSR count). The number of halogens is 1. The molecule has 1 unspecified atom stereocenters. The average Bonchev–Trinajstić information content (AvgIpc) is 2.86.